The van der Waals surface area contributed by atoms with Crippen molar-refractivity contribution in [2.24, 2.45) is 12.0 Å². The third-order valence-electron chi connectivity index (χ3n) is 3.54. The molecule has 3 rings (SSSR count). The van der Waals surface area contributed by atoms with Gasteiger partial charge in [-0.15, -0.1) is 0 Å². The number of nitrogens with zero attached hydrogens (tertiary/aromatic N) is 2. The van der Waals surface area contributed by atoms with Gasteiger partial charge < -0.3 is 4.57 Å². The molecule has 3 aromatic rings. The molecule has 0 aliphatic carbocycles. The lowest BCUT2D eigenvalue weighted by atomic mass is 10.1. The Morgan fingerprint density at radius 3 is 2.39 bits per heavy atom. The Bertz CT molecular complexity index is 981. The summed E-state index contributed by atoms with van der Waals surface area (Å²) in [6.07, 6.45) is 0. The van der Waals surface area contributed by atoms with Gasteiger partial charge in [-0.25, -0.2) is 0 Å². The summed E-state index contributed by atoms with van der Waals surface area (Å²) < 4.78 is 3.06. The van der Waals surface area contributed by atoms with Crippen LogP contribution in [0.5, 0.6) is 0 Å². The number of aromatic nitrogens is 1. The maximum absolute atomic E-state index is 12.4. The maximum Gasteiger partial charge on any atom is 0.279 e. The van der Waals surface area contributed by atoms with Gasteiger partial charge in [-0.1, -0.05) is 40.6 Å². The van der Waals surface area contributed by atoms with Crippen molar-refractivity contribution >= 4 is 50.7 Å². The molecule has 2 aromatic carbocycles. The van der Waals surface area contributed by atoms with Gasteiger partial charge in [0.15, 0.2) is 4.80 Å². The summed E-state index contributed by atoms with van der Waals surface area (Å²) in [5, 5.41) is 0.839. The number of aryl methyl sites for hydroxylation is 3. The van der Waals surface area contributed by atoms with Crippen LogP contribution in [0, 0.1) is 13.8 Å². The molecule has 0 aliphatic heterocycles. The van der Waals surface area contributed by atoms with E-state index >= 15 is 0 Å². The van der Waals surface area contributed by atoms with Crippen molar-refractivity contribution in [2.45, 2.75) is 13.8 Å². The van der Waals surface area contributed by atoms with Gasteiger partial charge in [0.2, 0.25) is 0 Å². The highest BCUT2D eigenvalue weighted by molar-refractivity contribution is 7.16. The van der Waals surface area contributed by atoms with E-state index in [9.17, 15) is 4.79 Å². The standard InChI is InChI=1S/C17H14Cl2N2OS/c1-9-4-10(2)15-14(5-9)23-17(21(15)3)20-16(22)11-6-12(18)8-13(19)7-11/h4-8H,1-3H3. The molecule has 0 saturated carbocycles. The lowest BCUT2D eigenvalue weighted by Crippen LogP contribution is -2.13. The SMILES string of the molecule is Cc1cc(C)c2c(c1)sc(=NC(=O)c1cc(Cl)cc(Cl)c1)n2C. The number of benzene rings is 2. The van der Waals surface area contributed by atoms with Gasteiger partial charge in [0, 0.05) is 22.7 Å². The quantitative estimate of drug-likeness (QED) is 0.604. The van der Waals surface area contributed by atoms with E-state index in [4.69, 9.17) is 23.2 Å². The van der Waals surface area contributed by atoms with Crippen LogP contribution in [0.3, 0.4) is 0 Å². The number of hydrogen-bond acceptors (Lipinski definition) is 2. The van der Waals surface area contributed by atoms with E-state index in [1.165, 1.54) is 22.5 Å². The number of hydrogen-bond donors (Lipinski definition) is 0. The van der Waals surface area contributed by atoms with E-state index in [1.807, 2.05) is 11.6 Å². The Balaban J connectivity index is 2.16. The third-order valence-corrected chi connectivity index (χ3v) is 5.06. The molecule has 23 heavy (non-hydrogen) atoms. The molecule has 0 spiro atoms. The molecule has 0 saturated heterocycles. The normalized spacial score (nSPS) is 12.1. The number of thiazole rings is 1. The highest BCUT2D eigenvalue weighted by atomic mass is 35.5. The van der Waals surface area contributed by atoms with Gasteiger partial charge in [-0.2, -0.15) is 4.99 Å². The molecule has 3 nitrogen and oxygen atoms in total. The minimum absolute atomic E-state index is 0.356. The molecule has 0 radical (unpaired) electrons. The molecule has 0 fully saturated rings. The van der Waals surface area contributed by atoms with Crippen molar-refractivity contribution in [2.75, 3.05) is 0 Å². The smallest absolute Gasteiger partial charge is 0.279 e. The fraction of sp³-hybridized carbons (Fsp3) is 0.176. The summed E-state index contributed by atoms with van der Waals surface area (Å²) in [6, 6.07) is 8.96. The fourth-order valence-electron chi connectivity index (χ4n) is 2.62. The predicted octanol–water partition coefficient (Wildman–Crippen LogP) is 4.90. The van der Waals surface area contributed by atoms with Crippen LogP contribution in [-0.2, 0) is 7.05 Å². The van der Waals surface area contributed by atoms with Crippen molar-refractivity contribution < 1.29 is 4.79 Å². The second-order valence-corrected chi connectivity index (χ2v) is 7.33. The molecule has 118 valence electrons. The average molecular weight is 365 g/mol. The van der Waals surface area contributed by atoms with E-state index in [2.05, 4.69) is 31.0 Å². The number of rotatable bonds is 1. The van der Waals surface area contributed by atoms with Gasteiger partial charge in [-0.05, 0) is 49.2 Å². The van der Waals surface area contributed by atoms with Crippen LogP contribution in [0.15, 0.2) is 35.3 Å². The third kappa shape index (κ3) is 3.20. The minimum atomic E-state index is -0.356. The van der Waals surface area contributed by atoms with Crippen LogP contribution < -0.4 is 4.80 Å². The minimum Gasteiger partial charge on any atom is -0.319 e. The van der Waals surface area contributed by atoms with Crippen LogP contribution in [-0.4, -0.2) is 10.5 Å². The number of amides is 1. The summed E-state index contributed by atoms with van der Waals surface area (Å²) in [5.41, 5.74) is 3.83. The number of halogens is 2. The number of carbonyl (C=O) groups excluding carboxylic acids is 1. The summed E-state index contributed by atoms with van der Waals surface area (Å²) in [4.78, 5) is 17.3. The number of carbonyl (C=O) groups is 1. The molecule has 1 aromatic heterocycles. The van der Waals surface area contributed by atoms with E-state index < -0.39 is 0 Å². The molecular formula is C17H14Cl2N2OS. The fourth-order valence-corrected chi connectivity index (χ4v) is 4.34. The Morgan fingerprint density at radius 1 is 1.09 bits per heavy atom. The van der Waals surface area contributed by atoms with Gasteiger partial charge in [0.1, 0.15) is 0 Å². The van der Waals surface area contributed by atoms with Crippen LogP contribution in [0.25, 0.3) is 10.2 Å². The Morgan fingerprint density at radius 2 is 1.74 bits per heavy atom. The van der Waals surface area contributed by atoms with Crippen molar-refractivity contribution in [3.8, 4) is 0 Å². The first-order valence-corrected chi connectivity index (χ1v) is 8.54. The first kappa shape index (κ1) is 16.2. The van der Waals surface area contributed by atoms with Crippen molar-refractivity contribution in [3.63, 3.8) is 0 Å². The maximum atomic E-state index is 12.4. The largest absolute Gasteiger partial charge is 0.319 e. The molecule has 0 aliphatic rings. The summed E-state index contributed by atoms with van der Waals surface area (Å²) in [5.74, 6) is -0.356. The molecule has 0 bridgehead atoms. The Hall–Kier alpha value is -1.62. The monoisotopic (exact) mass is 364 g/mol. The first-order valence-electron chi connectivity index (χ1n) is 6.97. The Labute approximate surface area is 147 Å². The van der Waals surface area contributed by atoms with E-state index in [0.717, 1.165) is 10.2 Å². The van der Waals surface area contributed by atoms with Crippen molar-refractivity contribution in [1.29, 1.82) is 0 Å². The zero-order chi connectivity index (χ0) is 16.7. The number of fused-ring (bicyclic) bond motifs is 1. The summed E-state index contributed by atoms with van der Waals surface area (Å²) in [6.45, 7) is 4.12. The Kier molecular flexibility index (Phi) is 4.32. The summed E-state index contributed by atoms with van der Waals surface area (Å²) >= 11 is 13.4. The topological polar surface area (TPSA) is 34.4 Å². The second kappa shape index (κ2) is 6.11. The van der Waals surface area contributed by atoms with Gasteiger partial charge in [-0.3, -0.25) is 4.79 Å². The molecule has 0 unspecified atom stereocenters. The van der Waals surface area contributed by atoms with Gasteiger partial charge in [0.05, 0.1) is 10.2 Å². The first-order chi connectivity index (χ1) is 10.8. The van der Waals surface area contributed by atoms with Crippen molar-refractivity contribution in [1.82, 2.24) is 4.57 Å². The molecule has 1 amide bonds. The lowest BCUT2D eigenvalue weighted by Gasteiger charge is -2.01. The molecule has 0 atom stereocenters. The highest BCUT2D eigenvalue weighted by Crippen LogP contribution is 2.23. The summed E-state index contributed by atoms with van der Waals surface area (Å²) in [7, 11) is 1.91. The van der Waals surface area contributed by atoms with Crippen LogP contribution in [0.4, 0.5) is 0 Å². The van der Waals surface area contributed by atoms with E-state index in [-0.39, 0.29) is 5.91 Å². The van der Waals surface area contributed by atoms with Gasteiger partial charge >= 0.3 is 0 Å². The molecule has 1 heterocycles. The molecule has 0 N–H and O–H groups in total. The van der Waals surface area contributed by atoms with Crippen LogP contribution >= 0.6 is 34.5 Å². The molecular weight excluding hydrogens is 351 g/mol. The highest BCUT2D eigenvalue weighted by Gasteiger charge is 2.10. The van der Waals surface area contributed by atoms with E-state index in [1.54, 1.807) is 18.2 Å². The average Bonchev–Trinajstić information content (AvgIpc) is 2.74. The van der Waals surface area contributed by atoms with Crippen LogP contribution in [0.1, 0.15) is 21.5 Å². The van der Waals surface area contributed by atoms with Crippen LogP contribution in [0.2, 0.25) is 10.0 Å². The van der Waals surface area contributed by atoms with Gasteiger partial charge in [0.25, 0.3) is 5.91 Å². The lowest BCUT2D eigenvalue weighted by molar-refractivity contribution is 0.0998. The second-order valence-electron chi connectivity index (χ2n) is 5.45. The zero-order valence-electron chi connectivity index (χ0n) is 12.9. The zero-order valence-corrected chi connectivity index (χ0v) is 15.2. The predicted molar refractivity (Wildman–Crippen MR) is 96.6 cm³/mol. The van der Waals surface area contributed by atoms with Crippen molar-refractivity contribution in [3.05, 3.63) is 61.9 Å². The van der Waals surface area contributed by atoms with E-state index in [0.29, 0.717) is 20.4 Å². The molecule has 6 heteroatoms.